The Morgan fingerprint density at radius 3 is 2.67 bits per heavy atom. The predicted molar refractivity (Wildman–Crippen MR) is 115 cm³/mol. The van der Waals surface area contributed by atoms with E-state index in [4.69, 9.17) is 0 Å². The number of anilines is 2. The van der Waals surface area contributed by atoms with Crippen LogP contribution in [0.5, 0.6) is 0 Å². The lowest BCUT2D eigenvalue weighted by Gasteiger charge is -2.17. The van der Waals surface area contributed by atoms with Crippen LogP contribution in [-0.4, -0.2) is 28.1 Å². The number of rotatable bonds is 4. The predicted octanol–water partition coefficient (Wildman–Crippen LogP) is 2.70. The molecule has 0 bridgehead atoms. The molecule has 2 heterocycles. The van der Waals surface area contributed by atoms with E-state index in [1.807, 2.05) is 50.2 Å². The van der Waals surface area contributed by atoms with E-state index in [1.54, 1.807) is 11.0 Å². The molecule has 3 aromatic rings. The largest absolute Gasteiger partial charge is 0.324 e. The van der Waals surface area contributed by atoms with Crippen LogP contribution < -0.4 is 15.8 Å². The fraction of sp³-hybridized carbons (Fsp3) is 0.217. The highest BCUT2D eigenvalue weighted by Crippen LogP contribution is 2.28. The first kappa shape index (κ1) is 19.6. The van der Waals surface area contributed by atoms with Crippen molar-refractivity contribution in [1.29, 1.82) is 0 Å². The van der Waals surface area contributed by atoms with E-state index in [1.165, 1.54) is 12.1 Å². The molecule has 1 N–H and O–H groups in total. The van der Waals surface area contributed by atoms with Crippen molar-refractivity contribution in [2.75, 3.05) is 16.8 Å². The molecule has 0 radical (unpaired) electrons. The molecule has 1 aromatic heterocycles. The van der Waals surface area contributed by atoms with E-state index in [0.717, 1.165) is 33.5 Å². The number of fused-ring (bicyclic) bond motifs is 1. The average molecular weight is 402 g/mol. The minimum Gasteiger partial charge on any atom is -0.324 e. The van der Waals surface area contributed by atoms with Crippen LogP contribution in [0, 0.1) is 13.8 Å². The number of amides is 2. The second-order valence-corrected chi connectivity index (χ2v) is 7.35. The van der Waals surface area contributed by atoms with Crippen molar-refractivity contribution >= 4 is 23.2 Å². The summed E-state index contributed by atoms with van der Waals surface area (Å²) in [5, 5.41) is 6.97. The summed E-state index contributed by atoms with van der Waals surface area (Å²) in [5.74, 6) is -0.668. The van der Waals surface area contributed by atoms with E-state index < -0.39 is 5.56 Å². The number of benzene rings is 2. The molecule has 0 aliphatic carbocycles. The molecule has 2 aromatic carbocycles. The van der Waals surface area contributed by atoms with E-state index in [9.17, 15) is 14.4 Å². The molecule has 1 aliphatic rings. The number of aromatic nitrogens is 2. The number of carbonyl (C=O) groups excluding carboxylic acids is 2. The Kier molecular flexibility index (Phi) is 5.18. The number of nitrogens with zero attached hydrogens (tertiary/aromatic N) is 3. The van der Waals surface area contributed by atoms with Crippen LogP contribution in [0.4, 0.5) is 11.4 Å². The maximum atomic E-state index is 13.0. The smallest absolute Gasteiger partial charge is 0.278 e. The molecule has 0 saturated carbocycles. The maximum absolute atomic E-state index is 13.0. The summed E-state index contributed by atoms with van der Waals surface area (Å²) in [6, 6.07) is 16.0. The summed E-state index contributed by atoms with van der Waals surface area (Å²) in [5.41, 5.74) is 4.36. The van der Waals surface area contributed by atoms with Gasteiger partial charge in [-0.15, -0.1) is 0 Å². The molecule has 7 heteroatoms. The molecule has 30 heavy (non-hydrogen) atoms. The number of para-hydroxylation sites is 1. The van der Waals surface area contributed by atoms with Gasteiger partial charge in [0.25, 0.3) is 11.5 Å². The first-order valence-corrected chi connectivity index (χ1v) is 9.78. The first-order chi connectivity index (χ1) is 14.4. The van der Waals surface area contributed by atoms with E-state index in [0.29, 0.717) is 12.2 Å². The number of hydrogen-bond donors (Lipinski definition) is 1. The average Bonchev–Trinajstić information content (AvgIpc) is 3.17. The lowest BCUT2D eigenvalue weighted by molar-refractivity contribution is -0.117. The second-order valence-electron chi connectivity index (χ2n) is 7.35. The highest BCUT2D eigenvalue weighted by atomic mass is 16.2. The van der Waals surface area contributed by atoms with Crippen LogP contribution in [0.1, 0.15) is 27.2 Å². The SMILES string of the molecule is Cc1cccc(NC(=O)Cn2nc(C(=O)N3CCc4ccccc43)ccc2=O)c1C. The molecule has 4 rings (SSSR count). The third kappa shape index (κ3) is 3.74. The van der Waals surface area contributed by atoms with E-state index >= 15 is 0 Å². The molecule has 0 fully saturated rings. The Morgan fingerprint density at radius 2 is 1.83 bits per heavy atom. The normalized spacial score (nSPS) is 12.5. The molecule has 0 atom stereocenters. The zero-order valence-corrected chi connectivity index (χ0v) is 16.9. The van der Waals surface area contributed by atoms with Crippen molar-refractivity contribution < 1.29 is 9.59 Å². The third-order valence-corrected chi connectivity index (χ3v) is 5.39. The van der Waals surface area contributed by atoms with Crippen molar-refractivity contribution in [2.24, 2.45) is 0 Å². The van der Waals surface area contributed by atoms with Crippen LogP contribution in [0.15, 0.2) is 59.4 Å². The topological polar surface area (TPSA) is 84.3 Å². The fourth-order valence-electron chi connectivity index (χ4n) is 3.58. The van der Waals surface area contributed by atoms with Gasteiger partial charge in [-0.05, 0) is 55.2 Å². The zero-order chi connectivity index (χ0) is 21.3. The summed E-state index contributed by atoms with van der Waals surface area (Å²) in [7, 11) is 0. The van der Waals surface area contributed by atoms with Gasteiger partial charge in [0, 0.05) is 24.0 Å². The quantitative estimate of drug-likeness (QED) is 0.727. The third-order valence-electron chi connectivity index (χ3n) is 5.39. The highest BCUT2D eigenvalue weighted by molar-refractivity contribution is 6.06. The highest BCUT2D eigenvalue weighted by Gasteiger charge is 2.26. The van der Waals surface area contributed by atoms with Crippen LogP contribution in [0.25, 0.3) is 0 Å². The Labute approximate surface area is 174 Å². The summed E-state index contributed by atoms with van der Waals surface area (Å²) < 4.78 is 1.02. The lowest BCUT2D eigenvalue weighted by atomic mass is 10.1. The fourth-order valence-corrected chi connectivity index (χ4v) is 3.58. The molecule has 0 unspecified atom stereocenters. The number of nitrogens with one attached hydrogen (secondary N) is 1. The van der Waals surface area contributed by atoms with E-state index in [2.05, 4.69) is 10.4 Å². The van der Waals surface area contributed by atoms with Crippen molar-refractivity contribution in [2.45, 2.75) is 26.8 Å². The minimum absolute atomic E-state index is 0.130. The van der Waals surface area contributed by atoms with E-state index in [-0.39, 0.29) is 24.1 Å². The monoisotopic (exact) mass is 402 g/mol. The summed E-state index contributed by atoms with van der Waals surface area (Å²) in [6.45, 7) is 4.17. The second kappa shape index (κ2) is 7.94. The molecule has 1 aliphatic heterocycles. The van der Waals surface area contributed by atoms with Gasteiger partial charge in [-0.25, -0.2) is 4.68 Å². The summed E-state index contributed by atoms with van der Waals surface area (Å²) >= 11 is 0. The van der Waals surface area contributed by atoms with Crippen molar-refractivity contribution in [3.8, 4) is 0 Å². The molecular formula is C23H22N4O3. The summed E-state index contributed by atoms with van der Waals surface area (Å²) in [6.07, 6.45) is 0.778. The maximum Gasteiger partial charge on any atom is 0.278 e. The standard InChI is InChI=1S/C23H22N4O3/c1-15-6-5-8-18(16(15)2)24-21(28)14-27-22(29)11-10-19(25-27)23(30)26-13-12-17-7-3-4-9-20(17)26/h3-11H,12-14H2,1-2H3,(H,24,28). The Hall–Kier alpha value is -3.74. The molecule has 152 valence electrons. The van der Waals surface area contributed by atoms with Crippen molar-refractivity contribution in [1.82, 2.24) is 9.78 Å². The number of hydrogen-bond acceptors (Lipinski definition) is 4. The number of aryl methyl sites for hydroxylation is 1. The molecular weight excluding hydrogens is 380 g/mol. The minimum atomic E-state index is -0.440. The van der Waals surface area contributed by atoms with Gasteiger partial charge < -0.3 is 10.2 Å². The van der Waals surface area contributed by atoms with Crippen LogP contribution in [-0.2, 0) is 17.8 Å². The van der Waals surface area contributed by atoms with Crippen LogP contribution in [0.3, 0.4) is 0 Å². The molecule has 2 amide bonds. The van der Waals surface area contributed by atoms with Crippen LogP contribution in [0.2, 0.25) is 0 Å². The Balaban J connectivity index is 1.54. The lowest BCUT2D eigenvalue weighted by Crippen LogP contribution is -2.34. The van der Waals surface area contributed by atoms with Gasteiger partial charge in [0.05, 0.1) is 0 Å². The van der Waals surface area contributed by atoms with Gasteiger partial charge >= 0.3 is 0 Å². The van der Waals surface area contributed by atoms with Gasteiger partial charge in [0.15, 0.2) is 0 Å². The molecule has 0 spiro atoms. The van der Waals surface area contributed by atoms with Crippen molar-refractivity contribution in [3.05, 3.63) is 87.3 Å². The van der Waals surface area contributed by atoms with Gasteiger partial charge in [0.1, 0.15) is 12.2 Å². The Bertz CT molecular complexity index is 1200. The molecule has 7 nitrogen and oxygen atoms in total. The zero-order valence-electron chi connectivity index (χ0n) is 16.9. The Morgan fingerprint density at radius 1 is 1.03 bits per heavy atom. The van der Waals surface area contributed by atoms with Gasteiger partial charge in [-0.1, -0.05) is 30.3 Å². The van der Waals surface area contributed by atoms with Gasteiger partial charge in [0.2, 0.25) is 5.91 Å². The van der Waals surface area contributed by atoms with Crippen molar-refractivity contribution in [3.63, 3.8) is 0 Å². The van der Waals surface area contributed by atoms with Gasteiger partial charge in [-0.2, -0.15) is 5.10 Å². The number of carbonyl (C=O) groups is 2. The van der Waals surface area contributed by atoms with Crippen LogP contribution >= 0.6 is 0 Å². The molecule has 0 saturated heterocycles. The first-order valence-electron chi connectivity index (χ1n) is 9.78. The van der Waals surface area contributed by atoms with Gasteiger partial charge in [-0.3, -0.25) is 14.4 Å². The summed E-state index contributed by atoms with van der Waals surface area (Å²) in [4.78, 5) is 39.3.